The van der Waals surface area contributed by atoms with E-state index in [2.05, 4.69) is 402 Å². The van der Waals surface area contributed by atoms with E-state index < -0.39 is 0 Å². The molecule has 0 unspecified atom stereocenters. The monoisotopic (exact) mass is 1890 g/mol. The Hall–Kier alpha value is -18.3. The number of nitrogens with zero attached hydrogens (tertiary/aromatic N) is 9. The third kappa shape index (κ3) is 13.3. The normalized spacial score (nSPS) is 12.3. The number of rotatable bonds is 10. The largest absolute Gasteiger partial charge is 0.308 e. The van der Waals surface area contributed by atoms with E-state index in [1.165, 1.54) is 170 Å². The van der Waals surface area contributed by atoms with Crippen LogP contribution in [0.3, 0.4) is 0 Å². The SMILES string of the molecule is [2H]c1cc(-c2nc(-c3ccc(-n4c5ccccc5c5c6ccccc6c6c7ccccc7sc6c54)cc3)nc3ccccc23)c([2H])c([2H])c1[2H].c1ccc(-c2ccc(-c3nc(-c4ccc(-n5c6ccccc6c6c7ccccc7c7c8ccccc8sc7c65)cc4)nc4ccccc34)cc2)cc1.c1ccc(-c2nc(-c3ccc(-n4c5ccccc5c5c6ccccc6c6c7ccccc7sc6c54)cc3)nc3ccccc23)cc1. The number of aromatic nitrogens is 9. The molecule has 9 heterocycles. The van der Waals surface area contributed by atoms with Crippen molar-refractivity contribution in [3.05, 3.63) is 479 Å². The second-order valence-corrected chi connectivity index (χ2v) is 39.7. The summed E-state index contributed by atoms with van der Waals surface area (Å²) in [6.07, 6.45) is 0. The summed E-state index contributed by atoms with van der Waals surface area (Å²) in [6.45, 7) is 0. The molecule has 9 nitrogen and oxygen atoms in total. The van der Waals surface area contributed by atoms with Crippen molar-refractivity contribution in [2.24, 2.45) is 0 Å². The number of thiophene rings is 3. The molecule has 31 rings (SSSR count). The van der Waals surface area contributed by atoms with Gasteiger partial charge < -0.3 is 13.7 Å². The van der Waals surface area contributed by atoms with Crippen LogP contribution in [0.25, 0.3) is 287 Å². The smallest absolute Gasteiger partial charge is 0.160 e. The summed E-state index contributed by atoms with van der Waals surface area (Å²) < 4.78 is 48.3. The van der Waals surface area contributed by atoms with Gasteiger partial charge in [-0.25, -0.2) is 29.9 Å². The van der Waals surface area contributed by atoms with E-state index in [0.29, 0.717) is 28.4 Å². The van der Waals surface area contributed by atoms with Crippen molar-refractivity contribution in [3.63, 3.8) is 0 Å². The molecule has 0 aliphatic carbocycles. The topological polar surface area (TPSA) is 92.1 Å². The van der Waals surface area contributed by atoms with E-state index >= 15 is 0 Å². The fourth-order valence-corrected chi connectivity index (χ4v) is 26.0. The molecule has 0 aliphatic heterocycles. The first-order chi connectivity index (χ1) is 73.1. The van der Waals surface area contributed by atoms with Crippen molar-refractivity contribution in [3.8, 4) is 96.1 Å². The Kier molecular flexibility index (Phi) is 18.4. The second kappa shape index (κ2) is 33.8. The lowest BCUT2D eigenvalue weighted by molar-refractivity contribution is 1.18. The van der Waals surface area contributed by atoms with Crippen molar-refractivity contribution in [2.45, 2.75) is 0 Å². The molecule has 0 bridgehead atoms. The van der Waals surface area contributed by atoms with Gasteiger partial charge in [-0.1, -0.05) is 352 Å². The van der Waals surface area contributed by atoms with E-state index in [-0.39, 0.29) is 24.2 Å². The first-order valence-electron chi connectivity index (χ1n) is 50.3. The molecule has 0 N–H and O–H groups in total. The zero-order valence-electron chi connectivity index (χ0n) is 81.1. The van der Waals surface area contributed by atoms with Crippen LogP contribution in [-0.2, 0) is 0 Å². The van der Waals surface area contributed by atoms with Gasteiger partial charge in [0.05, 0.1) is 86.3 Å². The quantitative estimate of drug-likeness (QED) is 0.135. The van der Waals surface area contributed by atoms with Crippen LogP contribution in [0.1, 0.15) is 5.48 Å². The van der Waals surface area contributed by atoms with Gasteiger partial charge in [0.1, 0.15) is 0 Å². The van der Waals surface area contributed by atoms with Gasteiger partial charge in [-0.15, -0.1) is 34.0 Å². The molecule has 0 aliphatic rings. The Bertz CT molecular complexity index is 10900. The number of para-hydroxylation sites is 6. The molecule has 12 heteroatoms. The Morgan fingerprint density at radius 2 is 0.424 bits per heavy atom. The van der Waals surface area contributed by atoms with Crippen LogP contribution in [0.4, 0.5) is 0 Å². The molecule has 0 saturated heterocycles. The van der Waals surface area contributed by atoms with E-state index in [9.17, 15) is 0 Å². The first-order valence-corrected chi connectivity index (χ1v) is 50.7. The highest BCUT2D eigenvalue weighted by Gasteiger charge is 2.28. The van der Waals surface area contributed by atoms with Crippen LogP contribution in [0.2, 0.25) is 0 Å². The average Bonchev–Trinajstić information content (AvgIpc) is 1.54. The molecule has 144 heavy (non-hydrogen) atoms. The van der Waals surface area contributed by atoms with Gasteiger partial charge in [-0.05, 0) is 171 Å². The van der Waals surface area contributed by atoms with Crippen molar-refractivity contribution in [1.82, 2.24) is 43.6 Å². The summed E-state index contributed by atoms with van der Waals surface area (Å²) in [5, 5.41) is 25.9. The average molecular weight is 1890 g/mol. The third-order valence-corrected chi connectivity index (χ3v) is 32.1. The van der Waals surface area contributed by atoms with Gasteiger partial charge in [-0.3, -0.25) is 0 Å². The van der Waals surface area contributed by atoms with Gasteiger partial charge in [0.25, 0.3) is 0 Å². The van der Waals surface area contributed by atoms with Gasteiger partial charge in [-0.2, -0.15) is 0 Å². The highest BCUT2D eigenvalue weighted by atomic mass is 32.1. The third-order valence-electron chi connectivity index (χ3n) is 28.5. The Morgan fingerprint density at radius 1 is 0.174 bits per heavy atom. The van der Waals surface area contributed by atoms with Crippen LogP contribution < -0.4 is 0 Å². The number of benzene rings is 22. The zero-order chi connectivity index (χ0) is 98.0. The lowest BCUT2D eigenvalue weighted by Crippen LogP contribution is -1.97. The number of fused-ring (bicyclic) bond motifs is 33. The van der Waals surface area contributed by atoms with E-state index in [0.717, 1.165) is 94.8 Å². The van der Waals surface area contributed by atoms with Gasteiger partial charge in [0.15, 0.2) is 17.5 Å². The molecule has 0 amide bonds. The molecular weight excluding hydrogens is 1810 g/mol. The Morgan fingerprint density at radius 3 is 0.771 bits per heavy atom. The van der Waals surface area contributed by atoms with Gasteiger partial charge >= 0.3 is 0 Å². The highest BCUT2D eigenvalue weighted by molar-refractivity contribution is 7.28. The van der Waals surface area contributed by atoms with E-state index in [1.54, 1.807) is 0 Å². The first kappa shape index (κ1) is 78.6. The van der Waals surface area contributed by atoms with Crippen molar-refractivity contribution in [2.75, 3.05) is 0 Å². The Balaban J connectivity index is 0.000000105. The second-order valence-electron chi connectivity index (χ2n) is 36.5. The lowest BCUT2D eigenvalue weighted by Gasteiger charge is -2.12. The van der Waals surface area contributed by atoms with Crippen LogP contribution in [0.5, 0.6) is 0 Å². The van der Waals surface area contributed by atoms with Crippen LogP contribution in [-0.4, -0.2) is 43.6 Å². The highest BCUT2D eigenvalue weighted by Crippen LogP contribution is 2.53. The number of hydrogen-bond acceptors (Lipinski definition) is 9. The molecule has 0 spiro atoms. The minimum Gasteiger partial charge on any atom is -0.308 e. The summed E-state index contributed by atoms with van der Waals surface area (Å²) in [5.41, 5.74) is 23.1. The standard InChI is InChI=1S/C48H29N3S.2C42H25N3S/c1-2-12-30(13-3-1)31-22-24-32(25-23-31)45-37-16-6-9-19-40(37)49-48(50-45)33-26-28-34(29-27-33)51-41-20-10-7-17-38(41)43-35-14-4-5-15-36(35)44-39-18-8-11-21-42(39)52-47(44)46(43)51;2*1-2-12-26(13-3-1)39-31-16-6-9-19-34(31)43-42(44-39)27-22-24-28(25-23-27)45-35-20-10-7-17-32(35)37-29-14-4-5-15-30(29)38-33-18-8-11-21-36(33)46-41(38)40(37)45/h1-29H;2*1-25H/i;1D,2D,3D,12D;. The van der Waals surface area contributed by atoms with Crippen LogP contribution in [0, 0.1) is 0 Å². The molecule has 0 fully saturated rings. The predicted octanol–water partition coefficient (Wildman–Crippen LogP) is 36.4. The fourth-order valence-electron chi connectivity index (χ4n) is 22.2. The fraction of sp³-hybridized carbons (Fsp3) is 0. The summed E-state index contributed by atoms with van der Waals surface area (Å²) in [7, 11) is 0. The van der Waals surface area contributed by atoms with E-state index in [1.807, 2.05) is 94.7 Å². The minimum absolute atomic E-state index is 0.110. The molecular formula is C132H79N9S3. The van der Waals surface area contributed by atoms with Crippen molar-refractivity contribution >= 4 is 225 Å². The molecule has 31 aromatic rings. The maximum absolute atomic E-state index is 8.65. The summed E-state index contributed by atoms with van der Waals surface area (Å²) in [6, 6.07) is 159. The summed E-state index contributed by atoms with van der Waals surface area (Å²) in [5.74, 6) is 1.93. The molecule has 0 radical (unpaired) electrons. The summed E-state index contributed by atoms with van der Waals surface area (Å²) >= 11 is 5.62. The summed E-state index contributed by atoms with van der Waals surface area (Å²) in [4.78, 5) is 30.3. The molecule has 0 saturated carbocycles. The maximum Gasteiger partial charge on any atom is 0.160 e. The molecule has 0 atom stereocenters. The van der Waals surface area contributed by atoms with Gasteiger partial charge in [0.2, 0.25) is 0 Å². The molecule has 9 aromatic heterocycles. The van der Waals surface area contributed by atoms with Crippen LogP contribution >= 0.6 is 34.0 Å². The van der Waals surface area contributed by atoms with Crippen molar-refractivity contribution < 1.29 is 5.48 Å². The number of hydrogen-bond donors (Lipinski definition) is 0. The maximum atomic E-state index is 8.65. The lowest BCUT2D eigenvalue weighted by atomic mass is 9.99. The van der Waals surface area contributed by atoms with E-state index in [4.69, 9.17) is 35.4 Å². The Labute approximate surface area is 843 Å². The van der Waals surface area contributed by atoms with Crippen LogP contribution in [0.15, 0.2) is 479 Å². The van der Waals surface area contributed by atoms with Gasteiger partial charge in [0, 0.05) is 145 Å². The molecule has 22 aromatic carbocycles. The molecule has 670 valence electrons. The zero-order valence-corrected chi connectivity index (χ0v) is 79.5. The minimum atomic E-state index is -0.284. The van der Waals surface area contributed by atoms with Crippen molar-refractivity contribution in [1.29, 1.82) is 0 Å². The predicted molar refractivity (Wildman–Crippen MR) is 611 cm³/mol.